The van der Waals surface area contributed by atoms with E-state index in [1.54, 1.807) is 0 Å². The summed E-state index contributed by atoms with van der Waals surface area (Å²) in [6, 6.07) is 65.4. The number of hydrogen-bond acceptors (Lipinski definition) is 3. The van der Waals surface area contributed by atoms with Gasteiger partial charge in [-0.2, -0.15) is 0 Å². The molecule has 0 bridgehead atoms. The van der Waals surface area contributed by atoms with Gasteiger partial charge in [0.25, 0.3) is 0 Å². The number of anilines is 3. The lowest BCUT2D eigenvalue weighted by molar-refractivity contribution is 1.18. The molecule has 0 aliphatic heterocycles. The van der Waals surface area contributed by atoms with E-state index >= 15 is 0 Å². The maximum atomic E-state index is 4.71. The van der Waals surface area contributed by atoms with Gasteiger partial charge in [0.2, 0.25) is 0 Å². The highest BCUT2D eigenvalue weighted by molar-refractivity contribution is 7.19. The normalized spacial score (nSPS) is 11.5. The topological polar surface area (TPSA) is 34.0 Å². The van der Waals surface area contributed by atoms with Crippen molar-refractivity contribution in [3.8, 4) is 5.69 Å². The summed E-state index contributed by atoms with van der Waals surface area (Å²) in [6.07, 6.45) is 7.85. The molecule has 0 fully saturated rings. The van der Waals surface area contributed by atoms with E-state index in [-0.39, 0.29) is 0 Å². The zero-order valence-corrected chi connectivity index (χ0v) is 28.9. The Balaban J connectivity index is 1.30. The third kappa shape index (κ3) is 5.23. The van der Waals surface area contributed by atoms with E-state index in [1.807, 2.05) is 12.4 Å². The summed E-state index contributed by atoms with van der Waals surface area (Å²) in [4.78, 5) is 11.7. The Kier molecular flexibility index (Phi) is 7.80. The lowest BCUT2D eigenvalue weighted by atomic mass is 10.1. The van der Waals surface area contributed by atoms with Gasteiger partial charge in [0, 0.05) is 58.3 Å². The van der Waals surface area contributed by atoms with Crippen LogP contribution in [0.2, 0.25) is 0 Å². The number of pyridine rings is 2. The molecule has 3 aromatic heterocycles. The van der Waals surface area contributed by atoms with E-state index in [1.165, 1.54) is 42.6 Å². The van der Waals surface area contributed by atoms with Crippen LogP contribution >= 0.6 is 0 Å². The van der Waals surface area contributed by atoms with Gasteiger partial charge in [-0.15, -0.1) is 0 Å². The Hall–Kier alpha value is -6.56. The summed E-state index contributed by atoms with van der Waals surface area (Å²) in [6.45, 7) is 0. The van der Waals surface area contributed by atoms with Crippen molar-refractivity contribution in [2.45, 2.75) is 0 Å². The summed E-state index contributed by atoms with van der Waals surface area (Å²) < 4.78 is 2.38. The highest BCUT2D eigenvalue weighted by Crippen LogP contribution is 2.34. The van der Waals surface area contributed by atoms with Crippen molar-refractivity contribution in [3.05, 3.63) is 207 Å². The molecule has 5 heteroatoms. The molecule has 0 N–H and O–H groups in total. The van der Waals surface area contributed by atoms with Crippen LogP contribution in [0.4, 0.5) is 17.1 Å². The number of benzene rings is 6. The van der Waals surface area contributed by atoms with Crippen molar-refractivity contribution in [2.24, 2.45) is 0 Å². The second kappa shape index (κ2) is 13.0. The molecule has 0 amide bonds. The van der Waals surface area contributed by atoms with Crippen LogP contribution in [0.5, 0.6) is 0 Å². The van der Waals surface area contributed by atoms with Crippen molar-refractivity contribution in [3.63, 3.8) is 0 Å². The Morgan fingerprint density at radius 2 is 0.902 bits per heavy atom. The number of nitrogens with zero attached hydrogens (tertiary/aromatic N) is 4. The van der Waals surface area contributed by atoms with Gasteiger partial charge in [0.1, 0.15) is 0 Å². The maximum absolute atomic E-state index is 4.71. The van der Waals surface area contributed by atoms with E-state index in [0.29, 0.717) is 0 Å². The third-order valence-corrected chi connectivity index (χ3v) is 14.6. The lowest BCUT2D eigenvalue weighted by Crippen LogP contribution is -2.74. The minimum absolute atomic E-state index is 1.10. The highest BCUT2D eigenvalue weighted by atomic mass is 28.3. The molecule has 0 spiro atoms. The van der Waals surface area contributed by atoms with Crippen LogP contribution in [-0.2, 0) is 0 Å². The van der Waals surface area contributed by atoms with E-state index in [9.17, 15) is 0 Å². The van der Waals surface area contributed by atoms with E-state index in [4.69, 9.17) is 9.97 Å². The molecule has 0 atom stereocenters. The summed E-state index contributed by atoms with van der Waals surface area (Å²) in [5, 5.41) is 7.42. The molecular weight excluding hydrogens is 637 g/mol. The summed E-state index contributed by atoms with van der Waals surface area (Å²) in [5.41, 5.74) is 6.84. The zero-order chi connectivity index (χ0) is 34.0. The Labute approximate surface area is 298 Å². The SMILES string of the molecule is c1ccc(N(c2ccccc2)c2ccc([Si](c3cccnc3)(c3cccnc3)c3ccc4c(c3)c3ccccc3n4-c3ccccc3)cc2)cc1. The van der Waals surface area contributed by atoms with Gasteiger partial charge in [-0.3, -0.25) is 9.97 Å². The van der Waals surface area contributed by atoms with Crippen molar-refractivity contribution >= 4 is 67.7 Å². The van der Waals surface area contributed by atoms with E-state index in [0.717, 1.165) is 22.7 Å². The largest absolute Gasteiger partial charge is 0.311 e. The van der Waals surface area contributed by atoms with Crippen LogP contribution in [0.3, 0.4) is 0 Å². The molecule has 0 unspecified atom stereocenters. The number of para-hydroxylation sites is 4. The molecular formula is C46H34N4Si. The molecule has 9 rings (SSSR count). The fourth-order valence-electron chi connectivity index (χ4n) is 7.69. The maximum Gasteiger partial charge on any atom is 0.182 e. The standard InChI is InChI=1S/C46H34N4Si/c1-4-14-35(15-5-1)49(36-16-6-2-7-17-36)38-24-26-39(27-25-38)51(41-20-12-30-47-33-41,42-21-13-31-48-34-42)40-28-29-46-44(32-40)43-22-10-11-23-45(43)50(46)37-18-8-3-9-19-37/h1-34H. The van der Waals surface area contributed by atoms with Crippen LogP contribution in [0.15, 0.2) is 207 Å². The van der Waals surface area contributed by atoms with Gasteiger partial charge in [-0.1, -0.05) is 109 Å². The van der Waals surface area contributed by atoms with Crippen LogP contribution in [0.25, 0.3) is 27.5 Å². The second-order valence-electron chi connectivity index (χ2n) is 12.7. The predicted octanol–water partition coefficient (Wildman–Crippen LogP) is 8.42. The van der Waals surface area contributed by atoms with E-state index in [2.05, 4.69) is 204 Å². The smallest absolute Gasteiger partial charge is 0.182 e. The van der Waals surface area contributed by atoms with E-state index < -0.39 is 8.07 Å². The Bertz CT molecular complexity index is 2480. The molecule has 4 nitrogen and oxygen atoms in total. The van der Waals surface area contributed by atoms with Gasteiger partial charge >= 0.3 is 0 Å². The van der Waals surface area contributed by atoms with Crippen LogP contribution in [-0.4, -0.2) is 22.6 Å². The predicted molar refractivity (Wildman–Crippen MR) is 215 cm³/mol. The number of aromatic nitrogens is 3. The van der Waals surface area contributed by atoms with Crippen LogP contribution in [0.1, 0.15) is 0 Å². The van der Waals surface area contributed by atoms with Gasteiger partial charge in [-0.25, -0.2) is 0 Å². The first-order valence-corrected chi connectivity index (χ1v) is 19.2. The number of hydrogen-bond donors (Lipinski definition) is 0. The van der Waals surface area contributed by atoms with Gasteiger partial charge in [0.05, 0.1) is 11.0 Å². The molecule has 0 saturated heterocycles. The minimum atomic E-state index is -2.94. The first kappa shape index (κ1) is 30.5. The average Bonchev–Trinajstić information content (AvgIpc) is 3.55. The monoisotopic (exact) mass is 670 g/mol. The first-order valence-electron chi connectivity index (χ1n) is 17.2. The molecule has 0 aliphatic rings. The third-order valence-electron chi connectivity index (χ3n) is 9.90. The Morgan fingerprint density at radius 1 is 0.392 bits per heavy atom. The molecule has 6 aromatic carbocycles. The number of rotatable bonds is 8. The Morgan fingerprint density at radius 3 is 1.49 bits per heavy atom. The molecule has 242 valence electrons. The number of fused-ring (bicyclic) bond motifs is 3. The molecule has 51 heavy (non-hydrogen) atoms. The fourth-order valence-corrected chi connectivity index (χ4v) is 12.3. The van der Waals surface area contributed by atoms with Crippen molar-refractivity contribution in [2.75, 3.05) is 4.90 Å². The van der Waals surface area contributed by atoms with Gasteiger partial charge in [-0.05, 0) is 93.5 Å². The average molecular weight is 671 g/mol. The second-order valence-corrected chi connectivity index (χ2v) is 16.5. The quantitative estimate of drug-likeness (QED) is 0.152. The van der Waals surface area contributed by atoms with Gasteiger partial charge < -0.3 is 9.47 Å². The first-order chi connectivity index (χ1) is 25.3. The molecule has 0 aliphatic carbocycles. The molecule has 9 aromatic rings. The molecule has 3 heterocycles. The van der Waals surface area contributed by atoms with Crippen LogP contribution < -0.4 is 25.6 Å². The lowest BCUT2D eigenvalue weighted by Gasteiger charge is -2.34. The minimum Gasteiger partial charge on any atom is -0.311 e. The van der Waals surface area contributed by atoms with Crippen molar-refractivity contribution in [1.82, 2.24) is 14.5 Å². The van der Waals surface area contributed by atoms with Crippen LogP contribution in [0, 0.1) is 0 Å². The molecule has 0 radical (unpaired) electrons. The molecule has 0 saturated carbocycles. The van der Waals surface area contributed by atoms with Crippen molar-refractivity contribution in [1.29, 1.82) is 0 Å². The fraction of sp³-hybridized carbons (Fsp3) is 0. The zero-order valence-electron chi connectivity index (χ0n) is 27.9. The van der Waals surface area contributed by atoms with Crippen molar-refractivity contribution < 1.29 is 0 Å². The summed E-state index contributed by atoms with van der Waals surface area (Å²) in [5.74, 6) is 0. The summed E-state index contributed by atoms with van der Waals surface area (Å²) >= 11 is 0. The highest BCUT2D eigenvalue weighted by Gasteiger charge is 2.42. The summed E-state index contributed by atoms with van der Waals surface area (Å²) in [7, 11) is -2.94. The van der Waals surface area contributed by atoms with Gasteiger partial charge in [0.15, 0.2) is 8.07 Å².